The number of benzene rings is 1. The summed E-state index contributed by atoms with van der Waals surface area (Å²) in [7, 11) is 0. The Morgan fingerprint density at radius 1 is 1.07 bits per heavy atom. The SMILES string of the molecule is O=C(COC(=O)CCCCc1nc2ccccc2s1)NC(=O)c1cccs1. The van der Waals surface area contributed by atoms with E-state index in [1.54, 1.807) is 28.8 Å². The first-order valence-electron chi connectivity index (χ1n) is 8.49. The molecule has 0 unspecified atom stereocenters. The molecule has 8 heteroatoms. The molecule has 2 amide bonds. The number of hydrogen-bond acceptors (Lipinski definition) is 7. The van der Waals surface area contributed by atoms with E-state index in [9.17, 15) is 14.4 Å². The zero-order valence-electron chi connectivity index (χ0n) is 14.5. The molecule has 6 nitrogen and oxygen atoms in total. The van der Waals surface area contributed by atoms with Gasteiger partial charge in [-0.15, -0.1) is 22.7 Å². The first-order chi connectivity index (χ1) is 13.1. The van der Waals surface area contributed by atoms with E-state index in [-0.39, 0.29) is 6.42 Å². The molecular formula is C19H18N2O4S2. The van der Waals surface area contributed by atoms with E-state index in [1.165, 1.54) is 11.3 Å². The van der Waals surface area contributed by atoms with Crippen LogP contribution in [0.4, 0.5) is 0 Å². The molecule has 140 valence electrons. The minimum atomic E-state index is -0.628. The summed E-state index contributed by atoms with van der Waals surface area (Å²) in [5.41, 5.74) is 1.00. The van der Waals surface area contributed by atoms with Crippen LogP contribution in [0.5, 0.6) is 0 Å². The lowest BCUT2D eigenvalue weighted by Crippen LogP contribution is -2.33. The van der Waals surface area contributed by atoms with Crippen LogP contribution in [-0.4, -0.2) is 29.4 Å². The Kier molecular flexibility index (Phi) is 6.67. The minimum absolute atomic E-state index is 0.233. The summed E-state index contributed by atoms with van der Waals surface area (Å²) >= 11 is 2.90. The largest absolute Gasteiger partial charge is 0.456 e. The molecule has 0 radical (unpaired) electrons. The average Bonchev–Trinajstić information content (AvgIpc) is 3.32. The van der Waals surface area contributed by atoms with E-state index in [0.29, 0.717) is 11.3 Å². The number of nitrogens with zero attached hydrogens (tertiary/aromatic N) is 1. The Labute approximate surface area is 164 Å². The molecule has 2 aromatic heterocycles. The number of unbranched alkanes of at least 4 members (excludes halogenated alkanes) is 1. The molecule has 0 atom stereocenters. The van der Waals surface area contributed by atoms with Gasteiger partial charge >= 0.3 is 5.97 Å². The van der Waals surface area contributed by atoms with E-state index in [1.807, 2.05) is 24.3 Å². The van der Waals surface area contributed by atoms with Crippen LogP contribution in [0.25, 0.3) is 10.2 Å². The fourth-order valence-electron chi connectivity index (χ4n) is 2.42. The van der Waals surface area contributed by atoms with Gasteiger partial charge in [-0.2, -0.15) is 0 Å². The molecule has 2 heterocycles. The number of hydrogen-bond donors (Lipinski definition) is 1. The van der Waals surface area contributed by atoms with E-state index < -0.39 is 24.4 Å². The van der Waals surface area contributed by atoms with Gasteiger partial charge in [0.2, 0.25) is 0 Å². The van der Waals surface area contributed by atoms with Crippen molar-refractivity contribution in [3.05, 3.63) is 51.7 Å². The Balaban J connectivity index is 1.31. The summed E-state index contributed by atoms with van der Waals surface area (Å²) in [5, 5.41) is 4.98. The summed E-state index contributed by atoms with van der Waals surface area (Å²) in [6.45, 7) is -0.451. The number of fused-ring (bicyclic) bond motifs is 1. The molecule has 0 aliphatic rings. The summed E-state index contributed by atoms with van der Waals surface area (Å²) in [5.74, 6) is -1.56. The normalized spacial score (nSPS) is 10.7. The highest BCUT2D eigenvalue weighted by molar-refractivity contribution is 7.18. The second-order valence-corrected chi connectivity index (χ2v) is 7.86. The number of carbonyl (C=O) groups excluding carboxylic acids is 3. The van der Waals surface area contributed by atoms with Gasteiger partial charge in [-0.05, 0) is 42.8 Å². The van der Waals surface area contributed by atoms with Crippen molar-refractivity contribution < 1.29 is 19.1 Å². The van der Waals surface area contributed by atoms with Crippen molar-refractivity contribution in [3.63, 3.8) is 0 Å². The quantitative estimate of drug-likeness (QED) is 0.460. The minimum Gasteiger partial charge on any atom is -0.456 e. The predicted molar refractivity (Wildman–Crippen MR) is 105 cm³/mol. The number of esters is 1. The second kappa shape index (κ2) is 9.38. The highest BCUT2D eigenvalue weighted by atomic mass is 32.1. The maximum atomic E-state index is 11.7. The number of amides is 2. The topological polar surface area (TPSA) is 85.4 Å². The fourth-order valence-corrected chi connectivity index (χ4v) is 4.05. The van der Waals surface area contributed by atoms with Crippen molar-refractivity contribution in [1.29, 1.82) is 0 Å². The first-order valence-corrected chi connectivity index (χ1v) is 10.2. The molecule has 0 spiro atoms. The third-order valence-electron chi connectivity index (χ3n) is 3.72. The van der Waals surface area contributed by atoms with E-state index in [2.05, 4.69) is 10.3 Å². The zero-order chi connectivity index (χ0) is 19.1. The van der Waals surface area contributed by atoms with Crippen LogP contribution in [0.3, 0.4) is 0 Å². The van der Waals surface area contributed by atoms with E-state index >= 15 is 0 Å². The van der Waals surface area contributed by atoms with Crippen molar-refractivity contribution >= 4 is 50.7 Å². The molecule has 3 rings (SSSR count). The average molecular weight is 402 g/mol. The number of carbonyl (C=O) groups is 3. The molecule has 0 fully saturated rings. The second-order valence-electron chi connectivity index (χ2n) is 5.80. The van der Waals surface area contributed by atoms with Crippen molar-refractivity contribution in [2.45, 2.75) is 25.7 Å². The van der Waals surface area contributed by atoms with Crippen LogP contribution < -0.4 is 5.32 Å². The van der Waals surface area contributed by atoms with Crippen LogP contribution in [0.15, 0.2) is 41.8 Å². The van der Waals surface area contributed by atoms with Crippen molar-refractivity contribution in [2.24, 2.45) is 0 Å². The molecule has 0 bridgehead atoms. The van der Waals surface area contributed by atoms with Gasteiger partial charge in [0.1, 0.15) is 0 Å². The van der Waals surface area contributed by atoms with E-state index in [0.717, 1.165) is 28.1 Å². The van der Waals surface area contributed by atoms with E-state index in [4.69, 9.17) is 4.74 Å². The Morgan fingerprint density at radius 2 is 1.93 bits per heavy atom. The molecule has 0 saturated carbocycles. The number of rotatable bonds is 8. The van der Waals surface area contributed by atoms with Crippen LogP contribution in [0.2, 0.25) is 0 Å². The number of para-hydroxylation sites is 1. The molecule has 3 aromatic rings. The van der Waals surface area contributed by atoms with Gasteiger partial charge in [-0.1, -0.05) is 18.2 Å². The number of nitrogens with one attached hydrogen (secondary N) is 1. The van der Waals surface area contributed by atoms with Crippen molar-refractivity contribution in [1.82, 2.24) is 10.3 Å². The van der Waals surface area contributed by atoms with Crippen molar-refractivity contribution in [3.8, 4) is 0 Å². The first kappa shape index (κ1) is 19.2. The van der Waals surface area contributed by atoms with Gasteiger partial charge in [-0.25, -0.2) is 4.98 Å². The number of imide groups is 1. The molecule has 0 saturated heterocycles. The number of aryl methyl sites for hydroxylation is 1. The lowest BCUT2D eigenvalue weighted by atomic mass is 10.2. The zero-order valence-corrected chi connectivity index (χ0v) is 16.1. The lowest BCUT2D eigenvalue weighted by Gasteiger charge is -2.05. The predicted octanol–water partition coefficient (Wildman–Crippen LogP) is 3.57. The molecular weight excluding hydrogens is 384 g/mol. The number of thiophene rings is 1. The molecule has 1 N–H and O–H groups in total. The van der Waals surface area contributed by atoms with Crippen LogP contribution >= 0.6 is 22.7 Å². The number of aromatic nitrogens is 1. The van der Waals surface area contributed by atoms with Crippen LogP contribution in [-0.2, 0) is 20.7 Å². The Hall–Kier alpha value is -2.58. The van der Waals surface area contributed by atoms with Gasteiger partial charge in [0.05, 0.1) is 20.1 Å². The smallest absolute Gasteiger partial charge is 0.306 e. The number of thiazole rings is 1. The summed E-state index contributed by atoms with van der Waals surface area (Å²) in [6.07, 6.45) is 2.52. The lowest BCUT2D eigenvalue weighted by molar-refractivity contribution is -0.148. The molecule has 0 aliphatic carbocycles. The standard InChI is InChI=1S/C19H18N2O4S2/c22-16(21-19(24)15-8-5-11-26-15)12-25-18(23)10-4-3-9-17-20-13-6-1-2-7-14(13)27-17/h1-2,5-8,11H,3-4,9-10,12H2,(H,21,22,24). The summed E-state index contributed by atoms with van der Waals surface area (Å²) < 4.78 is 6.07. The van der Waals surface area contributed by atoms with Gasteiger partial charge in [0.25, 0.3) is 11.8 Å². The summed E-state index contributed by atoms with van der Waals surface area (Å²) in [4.78, 5) is 40.1. The maximum Gasteiger partial charge on any atom is 0.306 e. The Bertz CT molecular complexity index is 901. The van der Waals surface area contributed by atoms with Gasteiger partial charge in [-0.3, -0.25) is 19.7 Å². The maximum absolute atomic E-state index is 11.7. The highest BCUT2D eigenvalue weighted by Gasteiger charge is 2.13. The molecule has 1 aromatic carbocycles. The van der Waals surface area contributed by atoms with Gasteiger partial charge in [0, 0.05) is 6.42 Å². The molecule has 27 heavy (non-hydrogen) atoms. The van der Waals surface area contributed by atoms with Crippen LogP contribution in [0.1, 0.15) is 33.9 Å². The third-order valence-corrected chi connectivity index (χ3v) is 5.69. The Morgan fingerprint density at radius 3 is 2.70 bits per heavy atom. The van der Waals surface area contributed by atoms with Crippen LogP contribution in [0, 0.1) is 0 Å². The molecule has 0 aliphatic heterocycles. The number of ether oxygens (including phenoxy) is 1. The van der Waals surface area contributed by atoms with Gasteiger partial charge in [0.15, 0.2) is 6.61 Å². The fraction of sp³-hybridized carbons (Fsp3) is 0.263. The highest BCUT2D eigenvalue weighted by Crippen LogP contribution is 2.22. The summed E-state index contributed by atoms with van der Waals surface area (Å²) in [6, 6.07) is 11.3. The monoisotopic (exact) mass is 402 g/mol. The third kappa shape index (κ3) is 5.70. The van der Waals surface area contributed by atoms with Gasteiger partial charge < -0.3 is 4.74 Å². The van der Waals surface area contributed by atoms with Crippen molar-refractivity contribution in [2.75, 3.05) is 6.61 Å².